The van der Waals surface area contributed by atoms with Gasteiger partial charge in [0.05, 0.1) is 134 Å². The van der Waals surface area contributed by atoms with Gasteiger partial charge in [0, 0.05) is 91.5 Å². The maximum atomic E-state index is 15.4. The molecule has 1 aromatic heterocycles. The SMILES string of the molecule is CCCCC1CC(=O)N(C/C(N)=C/NCCOCCOCCOCCOCCOCCSCc2c(OC)ccc3c4c([nH]c23)S(=O)C[C@H]2NC(=O)CNC(=O)[C@H]([C@@H](C)CC)NC(=O)CCNC(=O)[C@H](C4)NC(=O)[C@H]([C@@H](C)[C@@H](O)CO)NC(=O)[C@@H]3C[C@@H](O)CN3C(=O)[C@H](CC(N)=O)NC2=O)C1=O. The van der Waals surface area contributed by atoms with Gasteiger partial charge in [0.1, 0.15) is 47.0 Å². The summed E-state index contributed by atoms with van der Waals surface area (Å²) in [7, 11) is -1.00. The van der Waals surface area contributed by atoms with Gasteiger partial charge in [-0.3, -0.25) is 61.8 Å². The maximum absolute atomic E-state index is 15.4. The largest absolute Gasteiger partial charge is 0.496 e. The zero-order chi connectivity index (χ0) is 73.7. The first-order valence-electron chi connectivity index (χ1n) is 34.1. The quantitative estimate of drug-likeness (QED) is 0.0235. The fourth-order valence-electron chi connectivity index (χ4n) is 11.7. The van der Waals surface area contributed by atoms with E-state index in [9.17, 15) is 68.1 Å². The number of amides is 11. The Hall–Kier alpha value is -7.55. The third-order valence-corrected chi connectivity index (χ3v) is 20.0. The Balaban J connectivity index is 1.14. The van der Waals surface area contributed by atoms with Crippen LogP contribution in [-0.4, -0.2) is 272 Å². The summed E-state index contributed by atoms with van der Waals surface area (Å²) in [5.74, 6) is -11.1. The molecule has 2 bridgehead atoms. The first-order valence-corrected chi connectivity index (χ1v) is 36.6. The van der Waals surface area contributed by atoms with Crippen LogP contribution in [0.4, 0.5) is 0 Å². The first kappa shape index (κ1) is 82.4. The summed E-state index contributed by atoms with van der Waals surface area (Å²) >= 11 is 1.44. The van der Waals surface area contributed by atoms with Crippen molar-refractivity contribution in [3.63, 3.8) is 0 Å². The molecule has 2 fully saturated rings. The Morgan fingerprint density at radius 1 is 0.782 bits per heavy atom. The third kappa shape index (κ3) is 24.9. The molecule has 12 atom stereocenters. The minimum atomic E-state index is -2.44. The van der Waals surface area contributed by atoms with Gasteiger partial charge in [0.25, 0.3) is 0 Å². The lowest BCUT2D eigenvalue weighted by atomic mass is 9.93. The number of ether oxygens (including phenoxy) is 6. The molecule has 2 unspecified atom stereocenters. The first-order chi connectivity index (χ1) is 48.4. The summed E-state index contributed by atoms with van der Waals surface area (Å²) in [6.45, 7) is 7.98. The molecule has 5 heterocycles. The molecule has 0 spiro atoms. The minimum Gasteiger partial charge on any atom is -0.496 e. The number of primary amides is 1. The molecule has 11 amide bonds. The van der Waals surface area contributed by atoms with Gasteiger partial charge in [-0.05, 0) is 30.0 Å². The van der Waals surface area contributed by atoms with E-state index in [0.29, 0.717) is 106 Å². The molecular weight excluding hydrogens is 1360 g/mol. The molecule has 16 N–H and O–H groups in total. The Labute approximate surface area is 592 Å². The molecular formula is C65H101N13O21S2. The van der Waals surface area contributed by atoms with E-state index in [1.807, 2.05) is 6.92 Å². The predicted octanol–water partition coefficient (Wildman–Crippen LogP) is -3.96. The van der Waals surface area contributed by atoms with Crippen molar-refractivity contribution >= 4 is 98.4 Å². The average molecular weight is 1460 g/mol. The Kier molecular flexibility index (Phi) is 34.4. The van der Waals surface area contributed by atoms with Gasteiger partial charge in [0.15, 0.2) is 0 Å². The normalized spacial score (nSPS) is 24.3. The second-order valence-electron chi connectivity index (χ2n) is 25.1. The molecule has 1 aromatic carbocycles. The number of hydrogen-bond donors (Lipinski definition) is 14. The van der Waals surface area contributed by atoms with Crippen molar-refractivity contribution in [2.24, 2.45) is 29.2 Å². The number of unbranched alkanes of at least 4 members (excludes halogenated alkanes) is 1. The topological polar surface area (TPSA) is 491 Å². The number of nitrogens with one attached hydrogen (secondary N) is 9. The third-order valence-electron chi connectivity index (χ3n) is 17.6. The monoisotopic (exact) mass is 1460 g/mol. The molecule has 2 saturated heterocycles. The van der Waals surface area contributed by atoms with Gasteiger partial charge in [-0.1, -0.05) is 47.0 Å². The summed E-state index contributed by atoms with van der Waals surface area (Å²) in [5, 5.41) is 53.1. The number of aliphatic hydroxyl groups is 3. The smallest absolute Gasteiger partial charge is 0.246 e. The number of nitrogens with two attached hydrogens (primary N) is 2. The average Bonchev–Trinajstić information content (AvgIpc) is 1.62. The van der Waals surface area contributed by atoms with Crippen LogP contribution >= 0.6 is 11.8 Å². The molecule has 0 radical (unpaired) electrons. The van der Waals surface area contributed by atoms with Crippen molar-refractivity contribution in [2.75, 3.05) is 124 Å². The number of carbonyl (C=O) groups excluding carboxylic acids is 11. The molecule has 4 aliphatic rings. The van der Waals surface area contributed by atoms with E-state index in [1.165, 1.54) is 30.7 Å². The van der Waals surface area contributed by atoms with Crippen molar-refractivity contribution in [3.05, 3.63) is 35.2 Å². The van der Waals surface area contributed by atoms with Crippen molar-refractivity contribution in [1.82, 2.24) is 57.3 Å². The predicted molar refractivity (Wildman–Crippen MR) is 367 cm³/mol. The van der Waals surface area contributed by atoms with E-state index in [1.54, 1.807) is 32.2 Å². The molecule has 101 heavy (non-hydrogen) atoms. The fraction of sp³-hybridized carbons (Fsp3) is 0.677. The Bertz CT molecular complexity index is 3230. The van der Waals surface area contributed by atoms with Gasteiger partial charge in [0.2, 0.25) is 65.0 Å². The number of benzene rings is 1. The minimum absolute atomic E-state index is 0.0508. The zero-order valence-corrected chi connectivity index (χ0v) is 59.6. The van der Waals surface area contributed by atoms with Crippen molar-refractivity contribution in [3.8, 4) is 5.75 Å². The van der Waals surface area contributed by atoms with Crippen LogP contribution in [0.3, 0.4) is 0 Å². The molecule has 0 aliphatic carbocycles. The molecule has 6 rings (SSSR count). The number of rotatable bonds is 34. The standard InChI is InChI=1S/C65H101N13O21S2/c1-6-8-9-39-26-54(85)78(64(39)91)32-40(66)30-68-14-15-95-16-17-96-18-19-97-20-21-98-22-23-99-24-25-100-35-44-50(94-5)11-10-42-43-28-45-58(86)69-13-12-52(83)74-55(37(3)7-2)61(89)70-31-53(84)71-47(36-101(93)63(43)76-57(42)44)59(87)73-46(29-51(67)82)65(92)77-33-41(80)27-48(77)60(88)75-56(62(90)72-45)38(4)49(81)34-79/h10-11,30,37-39,41,45-49,55-56,68,76,79-81H,6-9,12-29,31-36,66H2,1-5H3,(H2,67,82)(H,69,86)(H,70,89)(H,71,84)(H,72,90)(H,73,87)(H,74,83)(H,75,88)/b40-30-/t37-,38-,39?,41+,45-,46-,47+,48-,49-,55-,56-,101?/m0/s1. The van der Waals surface area contributed by atoms with Crippen molar-refractivity contribution in [1.29, 1.82) is 0 Å². The zero-order valence-electron chi connectivity index (χ0n) is 57.9. The number of aromatic amines is 1. The van der Waals surface area contributed by atoms with E-state index in [2.05, 4.69) is 47.5 Å². The Morgan fingerprint density at radius 2 is 1.46 bits per heavy atom. The summed E-state index contributed by atoms with van der Waals surface area (Å²) in [6.07, 6.45) is -0.503. The van der Waals surface area contributed by atoms with Crippen LogP contribution in [0.15, 0.2) is 29.1 Å². The highest BCUT2D eigenvalue weighted by atomic mass is 32.2. The number of thioether (sulfide) groups is 1. The van der Waals surface area contributed by atoms with Crippen LogP contribution in [0.2, 0.25) is 0 Å². The molecule has 34 nitrogen and oxygen atoms in total. The van der Waals surface area contributed by atoms with Gasteiger partial charge < -0.3 is 108 Å². The number of H-pyrrole nitrogens is 1. The van der Waals surface area contributed by atoms with Crippen LogP contribution in [0.1, 0.15) is 90.2 Å². The van der Waals surface area contributed by atoms with E-state index in [-0.39, 0.29) is 66.8 Å². The van der Waals surface area contributed by atoms with E-state index >= 15 is 4.21 Å². The molecule has 564 valence electrons. The van der Waals surface area contributed by atoms with Crippen LogP contribution in [-0.2, 0) is 99.4 Å². The number of imide groups is 1. The Morgan fingerprint density at radius 3 is 2.10 bits per heavy atom. The van der Waals surface area contributed by atoms with Crippen LogP contribution in [0, 0.1) is 17.8 Å². The number of hydrogen-bond acceptors (Lipinski definition) is 24. The van der Waals surface area contributed by atoms with Gasteiger partial charge in [-0.2, -0.15) is 11.8 Å². The lowest BCUT2D eigenvalue weighted by Crippen LogP contribution is -2.61. The number of aliphatic hydroxyl groups excluding tert-OH is 3. The maximum Gasteiger partial charge on any atom is 0.246 e. The second kappa shape index (κ2) is 42.1. The van der Waals surface area contributed by atoms with Crippen LogP contribution < -0.4 is 58.7 Å². The highest BCUT2D eigenvalue weighted by Gasteiger charge is 2.46. The molecule has 4 aliphatic heterocycles. The fourth-order valence-corrected chi connectivity index (χ4v) is 14.0. The number of fused-ring (bicyclic) bond motifs is 5. The summed E-state index contributed by atoms with van der Waals surface area (Å²) in [4.78, 5) is 158. The second-order valence-corrected chi connectivity index (χ2v) is 27.6. The number of methoxy groups -OCH3 is 1. The number of aromatic nitrogens is 1. The lowest BCUT2D eigenvalue weighted by molar-refractivity contribution is -0.144. The van der Waals surface area contributed by atoms with E-state index in [4.69, 9.17) is 39.9 Å². The number of carbonyl (C=O) groups is 11. The highest BCUT2D eigenvalue weighted by molar-refractivity contribution is 7.98. The van der Waals surface area contributed by atoms with E-state index in [0.717, 1.165) is 17.7 Å². The lowest BCUT2D eigenvalue weighted by Gasteiger charge is -2.32. The van der Waals surface area contributed by atoms with Crippen molar-refractivity contribution < 1.29 is 101 Å². The van der Waals surface area contributed by atoms with E-state index < -0.39 is 175 Å². The van der Waals surface area contributed by atoms with Crippen LogP contribution in [0.25, 0.3) is 10.9 Å². The summed E-state index contributed by atoms with van der Waals surface area (Å²) < 4.78 is 49.5. The number of likely N-dealkylation sites (tertiary alicyclic amines) is 1. The molecule has 36 heteroatoms. The summed E-state index contributed by atoms with van der Waals surface area (Å²) in [6, 6.07) is -6.76. The highest BCUT2D eigenvalue weighted by Crippen LogP contribution is 2.36. The number of nitrogens with zero attached hydrogens (tertiary/aromatic N) is 2. The van der Waals surface area contributed by atoms with Gasteiger partial charge in [-0.25, -0.2) is 0 Å². The van der Waals surface area contributed by atoms with Crippen LogP contribution in [0.5, 0.6) is 5.75 Å². The molecule has 2 aromatic rings. The van der Waals surface area contributed by atoms with Gasteiger partial charge in [-0.15, -0.1) is 0 Å². The molecule has 0 saturated carbocycles. The van der Waals surface area contributed by atoms with Crippen molar-refractivity contribution in [2.45, 2.75) is 145 Å². The summed E-state index contributed by atoms with van der Waals surface area (Å²) in [5.41, 5.74) is 13.0. The van der Waals surface area contributed by atoms with Gasteiger partial charge >= 0.3 is 0 Å².